The van der Waals surface area contributed by atoms with Crippen molar-refractivity contribution < 1.29 is 28.5 Å². The first kappa shape index (κ1) is 35.1. The lowest BCUT2D eigenvalue weighted by molar-refractivity contribution is -0.145. The number of aromatic nitrogens is 2. The van der Waals surface area contributed by atoms with Crippen molar-refractivity contribution in [2.75, 3.05) is 39.3 Å². The van der Waals surface area contributed by atoms with Crippen LogP contribution in [0.4, 0.5) is 15.9 Å². The molecule has 0 bridgehead atoms. The van der Waals surface area contributed by atoms with Gasteiger partial charge in [-0.1, -0.05) is 17.7 Å². The van der Waals surface area contributed by atoms with E-state index in [1.165, 1.54) is 12.4 Å². The molecule has 4 aromatic rings. The third-order valence-electron chi connectivity index (χ3n) is 7.38. The average molecular weight is 671 g/mol. The third kappa shape index (κ3) is 8.71. The Labute approximate surface area is 278 Å². The summed E-state index contributed by atoms with van der Waals surface area (Å²) >= 11 is 8.06. The minimum atomic E-state index is -0.757. The Morgan fingerprint density at radius 1 is 1.00 bits per heavy atom. The number of fused-ring (bicyclic) bond motifs is 1. The molecule has 0 atom stereocenters. The summed E-state index contributed by atoms with van der Waals surface area (Å²) in [5.74, 6) is 1.47. The van der Waals surface area contributed by atoms with E-state index in [9.17, 15) is 9.18 Å². The lowest BCUT2D eigenvalue weighted by atomic mass is 9.98. The summed E-state index contributed by atoms with van der Waals surface area (Å²) in [7, 11) is 4.89. The Kier molecular flexibility index (Phi) is 11.9. The number of carboxylic acids is 1. The lowest BCUT2D eigenvalue weighted by Gasteiger charge is -2.27. The molecule has 1 aromatic heterocycles. The number of hydrogen-bond acceptors (Lipinski definition) is 9. The van der Waals surface area contributed by atoms with E-state index >= 15 is 0 Å². The van der Waals surface area contributed by atoms with Gasteiger partial charge in [0, 0.05) is 28.9 Å². The maximum Gasteiger partial charge on any atom is 0.308 e. The Hall–Kier alpha value is -3.80. The number of hydrogen-bond donors (Lipinski definition) is 2. The van der Waals surface area contributed by atoms with E-state index in [1.54, 1.807) is 54.2 Å². The van der Waals surface area contributed by atoms with Crippen molar-refractivity contribution in [1.82, 2.24) is 15.3 Å². The van der Waals surface area contributed by atoms with Crippen molar-refractivity contribution >= 4 is 51.7 Å². The van der Waals surface area contributed by atoms with E-state index < -0.39 is 17.2 Å². The van der Waals surface area contributed by atoms with E-state index in [-0.39, 0.29) is 5.02 Å². The van der Waals surface area contributed by atoms with Crippen molar-refractivity contribution in [3.8, 4) is 17.2 Å². The quantitative estimate of drug-likeness (QED) is 0.184. The number of methoxy groups -OCH3 is 3. The topological polar surface area (TPSA) is 106 Å². The van der Waals surface area contributed by atoms with Crippen LogP contribution in [0.15, 0.2) is 59.8 Å². The molecule has 1 aliphatic rings. The standard InChI is InChI=1S/C29H30ClFN4O3S.C5H10O2/c1-36-25-7-4-18(12-26(25)37-2)16-35(19-5-6-23(31)22(30)13-19)29-21-14-28(39-20-8-10-32-11-9-20)27(38-3)15-24(21)33-17-34-29;1-5(2,3)4(6)7/h4-7,12-15,17,20,32H,8-11,16H2,1-3H3;1-3H3,(H,6,7). The summed E-state index contributed by atoms with van der Waals surface area (Å²) in [5, 5.41) is 13.1. The number of piperidine rings is 1. The summed E-state index contributed by atoms with van der Waals surface area (Å²) < 4.78 is 30.9. The maximum atomic E-state index is 14.2. The van der Waals surface area contributed by atoms with Gasteiger partial charge >= 0.3 is 5.97 Å². The van der Waals surface area contributed by atoms with Crippen molar-refractivity contribution in [2.24, 2.45) is 5.41 Å². The fraction of sp³-hybridized carbons (Fsp3) is 0.382. The highest BCUT2D eigenvalue weighted by atomic mass is 35.5. The molecule has 0 saturated carbocycles. The highest BCUT2D eigenvalue weighted by Crippen LogP contribution is 2.41. The van der Waals surface area contributed by atoms with Crippen molar-refractivity contribution in [3.63, 3.8) is 0 Å². The number of thioether (sulfide) groups is 1. The molecule has 0 amide bonds. The van der Waals surface area contributed by atoms with Crippen LogP contribution in [0.25, 0.3) is 10.9 Å². The molecular weight excluding hydrogens is 631 g/mol. The number of carboxylic acid groups (broad SMARTS) is 1. The van der Waals surface area contributed by atoms with Gasteiger partial charge in [-0.15, -0.1) is 11.8 Å². The number of halogens is 2. The van der Waals surface area contributed by atoms with Crippen molar-refractivity contribution in [2.45, 2.75) is 50.3 Å². The van der Waals surface area contributed by atoms with Gasteiger partial charge in [0.2, 0.25) is 0 Å². The summed E-state index contributed by atoms with van der Waals surface area (Å²) in [6.07, 6.45) is 3.70. The fourth-order valence-electron chi connectivity index (χ4n) is 4.71. The molecule has 12 heteroatoms. The second-order valence-corrected chi connectivity index (χ2v) is 13.5. The first-order chi connectivity index (χ1) is 21.9. The number of carbonyl (C=O) groups is 1. The molecule has 3 aromatic carbocycles. The Morgan fingerprint density at radius 2 is 1.67 bits per heavy atom. The van der Waals surface area contributed by atoms with E-state index in [1.807, 2.05) is 40.9 Å². The van der Waals surface area contributed by atoms with Crippen LogP contribution in [0.5, 0.6) is 17.2 Å². The van der Waals surface area contributed by atoms with Crippen molar-refractivity contribution in [3.05, 3.63) is 71.3 Å². The first-order valence-electron chi connectivity index (χ1n) is 14.8. The predicted octanol–water partition coefficient (Wildman–Crippen LogP) is 7.75. The number of rotatable bonds is 9. The van der Waals surface area contributed by atoms with Gasteiger partial charge in [-0.3, -0.25) is 4.79 Å². The summed E-state index contributed by atoms with van der Waals surface area (Å²) in [6, 6.07) is 14.5. The Morgan fingerprint density at radius 3 is 2.28 bits per heavy atom. The molecule has 2 N–H and O–H groups in total. The minimum Gasteiger partial charge on any atom is -0.496 e. The fourth-order valence-corrected chi connectivity index (χ4v) is 6.16. The monoisotopic (exact) mass is 670 g/mol. The lowest BCUT2D eigenvalue weighted by Crippen LogP contribution is -2.29. The molecule has 1 saturated heterocycles. The van der Waals surface area contributed by atoms with Crippen LogP contribution < -0.4 is 24.4 Å². The average Bonchev–Trinajstić information content (AvgIpc) is 3.04. The third-order valence-corrected chi connectivity index (χ3v) is 9.05. The maximum absolute atomic E-state index is 14.2. The molecule has 9 nitrogen and oxygen atoms in total. The number of anilines is 2. The smallest absolute Gasteiger partial charge is 0.308 e. The summed E-state index contributed by atoms with van der Waals surface area (Å²) in [4.78, 5) is 22.3. The molecule has 5 rings (SSSR count). The largest absolute Gasteiger partial charge is 0.496 e. The zero-order valence-corrected chi connectivity index (χ0v) is 28.5. The second kappa shape index (κ2) is 15.7. The van der Waals surface area contributed by atoms with Crippen molar-refractivity contribution in [1.29, 1.82) is 0 Å². The molecule has 0 unspecified atom stereocenters. The zero-order chi connectivity index (χ0) is 33.4. The number of aliphatic carboxylic acids is 1. The number of ether oxygens (including phenoxy) is 3. The van der Waals surface area contributed by atoms with E-state index in [2.05, 4.69) is 16.4 Å². The highest BCUT2D eigenvalue weighted by molar-refractivity contribution is 8.00. The molecule has 0 radical (unpaired) electrons. The molecule has 46 heavy (non-hydrogen) atoms. The zero-order valence-electron chi connectivity index (χ0n) is 26.9. The van der Waals surface area contributed by atoms with Gasteiger partial charge in [-0.05, 0) is 88.7 Å². The van der Waals surface area contributed by atoms with Gasteiger partial charge in [-0.25, -0.2) is 14.4 Å². The van der Waals surface area contributed by atoms with Crippen LogP contribution in [0, 0.1) is 11.2 Å². The normalized spacial score (nSPS) is 13.5. The summed E-state index contributed by atoms with van der Waals surface area (Å²) in [6.45, 7) is 7.41. The number of nitrogens with one attached hydrogen (secondary N) is 1. The van der Waals surface area contributed by atoms with Crippen LogP contribution in [0.1, 0.15) is 39.2 Å². The molecule has 0 spiro atoms. The van der Waals surface area contributed by atoms with Crippen LogP contribution in [-0.4, -0.2) is 60.7 Å². The second-order valence-electron chi connectivity index (χ2n) is 11.7. The molecule has 1 aliphatic heterocycles. The van der Waals surface area contributed by atoms with E-state index in [4.69, 9.17) is 35.9 Å². The Bertz CT molecular complexity index is 1660. The van der Waals surface area contributed by atoms with Gasteiger partial charge < -0.3 is 29.5 Å². The first-order valence-corrected chi connectivity index (χ1v) is 16.1. The predicted molar refractivity (Wildman–Crippen MR) is 182 cm³/mol. The molecule has 0 aliphatic carbocycles. The summed E-state index contributed by atoms with van der Waals surface area (Å²) in [5.41, 5.74) is 1.80. The molecule has 2 heterocycles. The van der Waals surface area contributed by atoms with Crippen LogP contribution >= 0.6 is 23.4 Å². The van der Waals surface area contributed by atoms with Crippen LogP contribution in [0.3, 0.4) is 0 Å². The molecule has 246 valence electrons. The Balaban J connectivity index is 0.000000617. The van der Waals surface area contributed by atoms with E-state index in [0.717, 1.165) is 53.0 Å². The highest BCUT2D eigenvalue weighted by Gasteiger charge is 2.22. The number of nitrogens with zero attached hydrogens (tertiary/aromatic N) is 3. The SMILES string of the molecule is CC(C)(C)C(=O)O.COc1ccc(CN(c2ccc(F)c(Cl)c2)c2ncnc3cc(OC)c(SC4CCNCC4)cc23)cc1OC. The van der Waals surface area contributed by atoms with Gasteiger partial charge in [0.1, 0.15) is 23.7 Å². The van der Waals surface area contributed by atoms with Gasteiger partial charge in [-0.2, -0.15) is 0 Å². The molecule has 1 fully saturated rings. The van der Waals surface area contributed by atoms with Crippen LogP contribution in [0.2, 0.25) is 5.02 Å². The number of benzene rings is 3. The van der Waals surface area contributed by atoms with E-state index in [0.29, 0.717) is 34.8 Å². The molecular formula is C34H40ClFN4O5S. The van der Waals surface area contributed by atoms with Gasteiger partial charge in [0.05, 0.1) is 42.2 Å². The van der Waals surface area contributed by atoms with Gasteiger partial charge in [0.15, 0.2) is 11.5 Å². The minimum absolute atomic E-state index is 0.0343. The van der Waals surface area contributed by atoms with Gasteiger partial charge in [0.25, 0.3) is 0 Å². The van der Waals surface area contributed by atoms with Crippen LogP contribution in [-0.2, 0) is 11.3 Å².